The Labute approximate surface area is 90.4 Å². The van der Waals surface area contributed by atoms with Crippen molar-refractivity contribution in [3.8, 4) is 0 Å². The largest absolute Gasteiger partial charge is 0.370 e. The maximum Gasteiger partial charge on any atom is 0.0859 e. The fraction of sp³-hybridized carbons (Fsp3) is 0.750. The minimum absolute atomic E-state index is 0.293. The van der Waals surface area contributed by atoms with Gasteiger partial charge in [-0.05, 0) is 39.0 Å². The van der Waals surface area contributed by atoms with Crippen molar-refractivity contribution in [2.45, 2.75) is 57.3 Å². The fourth-order valence-electron chi connectivity index (χ4n) is 2.31. The van der Waals surface area contributed by atoms with Crippen LogP contribution in [0.1, 0.15) is 56.7 Å². The molecule has 3 nitrogen and oxygen atoms in total. The van der Waals surface area contributed by atoms with Crippen LogP contribution in [0.15, 0.2) is 12.4 Å². The van der Waals surface area contributed by atoms with Gasteiger partial charge >= 0.3 is 0 Å². The van der Waals surface area contributed by atoms with Gasteiger partial charge in [0.25, 0.3) is 0 Å². The maximum absolute atomic E-state index is 5.93. The van der Waals surface area contributed by atoms with Gasteiger partial charge in [-0.3, -0.25) is 4.68 Å². The summed E-state index contributed by atoms with van der Waals surface area (Å²) < 4.78 is 8.04. The van der Waals surface area contributed by atoms with E-state index in [0.29, 0.717) is 18.2 Å². The van der Waals surface area contributed by atoms with Crippen molar-refractivity contribution in [2.75, 3.05) is 0 Å². The minimum Gasteiger partial charge on any atom is -0.370 e. The fourth-order valence-corrected chi connectivity index (χ4v) is 2.31. The van der Waals surface area contributed by atoms with E-state index in [9.17, 15) is 0 Å². The van der Waals surface area contributed by atoms with E-state index >= 15 is 0 Å². The topological polar surface area (TPSA) is 27.1 Å². The van der Waals surface area contributed by atoms with E-state index in [-0.39, 0.29) is 0 Å². The van der Waals surface area contributed by atoms with Gasteiger partial charge in [-0.2, -0.15) is 5.10 Å². The molecule has 2 heterocycles. The molecule has 3 heteroatoms. The number of aromatic nitrogens is 2. The standard InChI is InChI=1S/C12H18N2O/c1-9-3-2-4-12(15-9)10-7-13-14(8-10)11-5-6-11/h7-9,11-12H,2-6H2,1H3. The number of ether oxygens (including phenoxy) is 1. The van der Waals surface area contributed by atoms with Crippen molar-refractivity contribution in [3.05, 3.63) is 18.0 Å². The van der Waals surface area contributed by atoms with Gasteiger partial charge in [0, 0.05) is 11.8 Å². The first-order valence-electron chi connectivity index (χ1n) is 6.02. The molecule has 1 aliphatic heterocycles. The summed E-state index contributed by atoms with van der Waals surface area (Å²) in [6, 6.07) is 0.680. The minimum atomic E-state index is 0.293. The Morgan fingerprint density at radius 3 is 2.93 bits per heavy atom. The molecule has 1 aromatic heterocycles. The molecule has 0 radical (unpaired) electrons. The molecule has 1 aliphatic carbocycles. The second-order valence-corrected chi connectivity index (χ2v) is 4.85. The van der Waals surface area contributed by atoms with Crippen molar-refractivity contribution in [2.24, 2.45) is 0 Å². The lowest BCUT2D eigenvalue weighted by atomic mass is 10.0. The zero-order chi connectivity index (χ0) is 10.3. The highest BCUT2D eigenvalue weighted by atomic mass is 16.5. The summed E-state index contributed by atoms with van der Waals surface area (Å²) in [5.41, 5.74) is 1.27. The molecule has 3 rings (SSSR count). The average Bonchev–Trinajstić information content (AvgIpc) is 2.97. The van der Waals surface area contributed by atoms with Gasteiger partial charge in [0.05, 0.1) is 24.4 Å². The first-order valence-corrected chi connectivity index (χ1v) is 6.02. The predicted octanol–water partition coefficient (Wildman–Crippen LogP) is 2.85. The summed E-state index contributed by atoms with van der Waals surface area (Å²) >= 11 is 0. The Morgan fingerprint density at radius 2 is 2.20 bits per heavy atom. The highest BCUT2D eigenvalue weighted by Gasteiger charge is 2.27. The van der Waals surface area contributed by atoms with E-state index in [1.165, 1.54) is 31.2 Å². The van der Waals surface area contributed by atoms with Crippen LogP contribution in [-0.2, 0) is 4.74 Å². The number of hydrogen-bond donors (Lipinski definition) is 0. The number of hydrogen-bond acceptors (Lipinski definition) is 2. The second-order valence-electron chi connectivity index (χ2n) is 4.85. The lowest BCUT2D eigenvalue weighted by Gasteiger charge is -2.26. The molecule has 2 fully saturated rings. The quantitative estimate of drug-likeness (QED) is 0.744. The summed E-state index contributed by atoms with van der Waals surface area (Å²) in [5.74, 6) is 0. The molecule has 0 spiro atoms. The summed E-state index contributed by atoms with van der Waals surface area (Å²) in [6.07, 6.45) is 11.1. The van der Waals surface area contributed by atoms with Gasteiger partial charge < -0.3 is 4.74 Å². The molecule has 15 heavy (non-hydrogen) atoms. The van der Waals surface area contributed by atoms with Gasteiger partial charge in [0.15, 0.2) is 0 Å². The predicted molar refractivity (Wildman–Crippen MR) is 57.6 cm³/mol. The van der Waals surface area contributed by atoms with Crippen LogP contribution >= 0.6 is 0 Å². The molecule has 0 aromatic carbocycles. The molecule has 0 amide bonds. The van der Waals surface area contributed by atoms with E-state index < -0.39 is 0 Å². The Kier molecular flexibility index (Phi) is 2.28. The van der Waals surface area contributed by atoms with Crippen molar-refractivity contribution in [1.82, 2.24) is 9.78 Å². The summed E-state index contributed by atoms with van der Waals surface area (Å²) in [5, 5.41) is 4.42. The van der Waals surface area contributed by atoms with Crippen molar-refractivity contribution in [1.29, 1.82) is 0 Å². The maximum atomic E-state index is 5.93. The molecule has 2 unspecified atom stereocenters. The average molecular weight is 206 g/mol. The van der Waals surface area contributed by atoms with Crippen molar-refractivity contribution in [3.63, 3.8) is 0 Å². The van der Waals surface area contributed by atoms with Gasteiger partial charge in [-0.15, -0.1) is 0 Å². The first-order chi connectivity index (χ1) is 7.33. The third-order valence-electron chi connectivity index (χ3n) is 3.39. The Bertz CT molecular complexity index is 343. The van der Waals surface area contributed by atoms with Crippen molar-refractivity contribution >= 4 is 0 Å². The molecule has 82 valence electrons. The van der Waals surface area contributed by atoms with Crippen LogP contribution in [-0.4, -0.2) is 15.9 Å². The SMILES string of the molecule is CC1CCCC(c2cnn(C3CC3)c2)O1. The zero-order valence-electron chi connectivity index (χ0n) is 9.22. The Morgan fingerprint density at radius 1 is 1.33 bits per heavy atom. The number of nitrogens with zero attached hydrogens (tertiary/aromatic N) is 2. The second kappa shape index (κ2) is 3.63. The summed E-state index contributed by atoms with van der Waals surface area (Å²) in [7, 11) is 0. The molecular weight excluding hydrogens is 188 g/mol. The lowest BCUT2D eigenvalue weighted by molar-refractivity contribution is -0.0414. The highest BCUT2D eigenvalue weighted by Crippen LogP contribution is 2.36. The van der Waals surface area contributed by atoms with Gasteiger partial charge in [0.1, 0.15) is 0 Å². The van der Waals surface area contributed by atoms with Crippen LogP contribution in [0, 0.1) is 0 Å². The van der Waals surface area contributed by atoms with Gasteiger partial charge in [0.2, 0.25) is 0 Å². The molecule has 1 saturated carbocycles. The van der Waals surface area contributed by atoms with Crippen molar-refractivity contribution < 1.29 is 4.74 Å². The van der Waals surface area contributed by atoms with E-state index in [1.807, 2.05) is 6.20 Å². The van der Waals surface area contributed by atoms with E-state index in [4.69, 9.17) is 4.74 Å². The zero-order valence-corrected chi connectivity index (χ0v) is 9.22. The van der Waals surface area contributed by atoms with E-state index in [0.717, 1.165) is 6.42 Å². The monoisotopic (exact) mass is 206 g/mol. The normalized spacial score (nSPS) is 31.8. The van der Waals surface area contributed by atoms with Crippen LogP contribution < -0.4 is 0 Å². The highest BCUT2D eigenvalue weighted by molar-refractivity contribution is 5.10. The Balaban J connectivity index is 1.73. The molecular formula is C12H18N2O. The summed E-state index contributed by atoms with van der Waals surface area (Å²) in [6.45, 7) is 2.16. The first kappa shape index (κ1) is 9.40. The van der Waals surface area contributed by atoms with Crippen LogP contribution in [0.25, 0.3) is 0 Å². The lowest BCUT2D eigenvalue weighted by Crippen LogP contribution is -2.18. The molecule has 2 aliphatic rings. The van der Waals surface area contributed by atoms with Crippen LogP contribution in [0.2, 0.25) is 0 Å². The molecule has 0 N–H and O–H groups in total. The van der Waals surface area contributed by atoms with Gasteiger partial charge in [-0.1, -0.05) is 0 Å². The van der Waals surface area contributed by atoms with E-state index in [1.54, 1.807) is 0 Å². The van der Waals surface area contributed by atoms with Crippen LogP contribution in [0.5, 0.6) is 0 Å². The Hall–Kier alpha value is -0.830. The van der Waals surface area contributed by atoms with Gasteiger partial charge in [-0.25, -0.2) is 0 Å². The smallest absolute Gasteiger partial charge is 0.0859 e. The van der Waals surface area contributed by atoms with Crippen LogP contribution in [0.4, 0.5) is 0 Å². The van der Waals surface area contributed by atoms with E-state index in [2.05, 4.69) is 22.9 Å². The molecule has 1 aromatic rings. The molecule has 0 bridgehead atoms. The van der Waals surface area contributed by atoms with Crippen LogP contribution in [0.3, 0.4) is 0 Å². The third-order valence-corrected chi connectivity index (χ3v) is 3.39. The third kappa shape index (κ3) is 1.93. The number of rotatable bonds is 2. The molecule has 1 saturated heterocycles. The molecule has 2 atom stereocenters. The summed E-state index contributed by atoms with van der Waals surface area (Å²) in [4.78, 5) is 0.